The van der Waals surface area contributed by atoms with Crippen LogP contribution >= 0.6 is 0 Å². The molecule has 0 N–H and O–H groups in total. The molecule has 0 saturated heterocycles. The predicted octanol–water partition coefficient (Wildman–Crippen LogP) is 18.1. The van der Waals surface area contributed by atoms with E-state index >= 15 is 0 Å². The van der Waals surface area contributed by atoms with Gasteiger partial charge in [-0.3, -0.25) is 0 Å². The zero-order valence-corrected chi connectivity index (χ0v) is 34.9. The molecule has 0 spiro atoms. The SMILES string of the molecule is c1ccc(-c2ccccc2-c2c3cc4c5ccccc5c5cccc(c3c(-c3ccccc3)c3c6cccc7c(-c8c(-c9ccccc9)ccc9ccccc89)ccc(c23)c76)c54)cc1. The minimum atomic E-state index is 1.21. The van der Waals surface area contributed by atoms with Crippen molar-refractivity contribution in [1.29, 1.82) is 0 Å². The molecule has 0 aliphatic carbocycles. The van der Waals surface area contributed by atoms with Crippen LogP contribution in [0.15, 0.2) is 231 Å². The second-order valence-corrected chi connectivity index (χ2v) is 17.4. The number of fused-ring (bicyclic) bond motifs is 9. The van der Waals surface area contributed by atoms with Crippen LogP contribution in [0.4, 0.5) is 0 Å². The summed E-state index contributed by atoms with van der Waals surface area (Å²) in [5.74, 6) is 0. The maximum atomic E-state index is 2.55. The summed E-state index contributed by atoms with van der Waals surface area (Å²) in [6.07, 6.45) is 0. The molecule has 0 saturated carbocycles. The van der Waals surface area contributed by atoms with E-state index in [1.165, 1.54) is 142 Å². The molecule has 0 fully saturated rings. The quantitative estimate of drug-likeness (QED) is 0.152. The van der Waals surface area contributed by atoms with Gasteiger partial charge in [0, 0.05) is 0 Å². The minimum Gasteiger partial charge on any atom is -0.0622 e. The van der Waals surface area contributed by atoms with Gasteiger partial charge < -0.3 is 0 Å². The van der Waals surface area contributed by atoms with Crippen LogP contribution in [0.25, 0.3) is 142 Å². The van der Waals surface area contributed by atoms with Gasteiger partial charge in [-0.25, -0.2) is 0 Å². The highest BCUT2D eigenvalue weighted by atomic mass is 14.3. The van der Waals surface area contributed by atoms with E-state index in [9.17, 15) is 0 Å². The molecule has 64 heavy (non-hydrogen) atoms. The first kappa shape index (κ1) is 35.3. The van der Waals surface area contributed by atoms with Crippen molar-refractivity contribution in [2.45, 2.75) is 0 Å². The molecule has 14 rings (SSSR count). The zero-order chi connectivity index (χ0) is 41.9. The summed E-state index contributed by atoms with van der Waals surface area (Å²) >= 11 is 0. The molecule has 0 aromatic heterocycles. The van der Waals surface area contributed by atoms with Gasteiger partial charge in [0.15, 0.2) is 0 Å². The molecule has 0 amide bonds. The van der Waals surface area contributed by atoms with Crippen LogP contribution in [0, 0.1) is 0 Å². The van der Waals surface area contributed by atoms with E-state index in [-0.39, 0.29) is 0 Å². The highest BCUT2D eigenvalue weighted by Crippen LogP contribution is 2.56. The predicted molar refractivity (Wildman–Crippen MR) is 276 cm³/mol. The minimum absolute atomic E-state index is 1.21. The summed E-state index contributed by atoms with van der Waals surface area (Å²) in [6.45, 7) is 0. The van der Waals surface area contributed by atoms with Crippen LogP contribution in [0.2, 0.25) is 0 Å². The fourth-order valence-electron chi connectivity index (χ4n) is 11.6. The molecule has 0 bridgehead atoms. The van der Waals surface area contributed by atoms with Crippen molar-refractivity contribution < 1.29 is 0 Å². The summed E-state index contributed by atoms with van der Waals surface area (Å²) < 4.78 is 0. The van der Waals surface area contributed by atoms with Gasteiger partial charge in [0.25, 0.3) is 0 Å². The summed E-state index contributed by atoms with van der Waals surface area (Å²) in [6, 6.07) is 86.1. The van der Waals surface area contributed by atoms with Crippen LogP contribution in [-0.2, 0) is 0 Å². The highest BCUT2D eigenvalue weighted by Gasteiger charge is 2.28. The topological polar surface area (TPSA) is 0 Å². The lowest BCUT2D eigenvalue weighted by Gasteiger charge is -2.20. The highest BCUT2D eigenvalue weighted by molar-refractivity contribution is 6.45. The van der Waals surface area contributed by atoms with E-state index < -0.39 is 0 Å². The molecule has 294 valence electrons. The first-order chi connectivity index (χ1) is 31.8. The van der Waals surface area contributed by atoms with Crippen LogP contribution in [0.1, 0.15) is 0 Å². The smallest absolute Gasteiger partial charge is 0.000718 e. The maximum Gasteiger partial charge on any atom is -0.000718 e. The molecule has 14 aromatic carbocycles. The van der Waals surface area contributed by atoms with E-state index in [4.69, 9.17) is 0 Å². The summed E-state index contributed by atoms with van der Waals surface area (Å²) in [5, 5.41) is 20.8. The fourth-order valence-corrected chi connectivity index (χ4v) is 11.6. The lowest BCUT2D eigenvalue weighted by Crippen LogP contribution is -1.93. The Morgan fingerprint density at radius 3 is 1.39 bits per heavy atom. The van der Waals surface area contributed by atoms with Crippen molar-refractivity contribution in [3.8, 4) is 55.6 Å². The van der Waals surface area contributed by atoms with Crippen molar-refractivity contribution in [2.24, 2.45) is 0 Å². The second kappa shape index (κ2) is 13.6. The van der Waals surface area contributed by atoms with E-state index in [0.717, 1.165) is 0 Å². The molecule has 0 heteroatoms. The van der Waals surface area contributed by atoms with Crippen molar-refractivity contribution in [3.05, 3.63) is 231 Å². The third-order valence-corrected chi connectivity index (χ3v) is 14.1. The Hall–Kier alpha value is -8.32. The molecular weight excluding hydrogens is 769 g/mol. The van der Waals surface area contributed by atoms with Gasteiger partial charge >= 0.3 is 0 Å². The Bertz CT molecular complexity index is 4140. The maximum absolute atomic E-state index is 2.55. The van der Waals surface area contributed by atoms with Gasteiger partial charge in [-0.1, -0.05) is 224 Å². The Balaban J connectivity index is 1.24. The molecule has 0 heterocycles. The summed E-state index contributed by atoms with van der Waals surface area (Å²) in [7, 11) is 0. The summed E-state index contributed by atoms with van der Waals surface area (Å²) in [5.41, 5.74) is 12.5. The fraction of sp³-hybridized carbons (Fsp3) is 0. The van der Waals surface area contributed by atoms with E-state index in [1.807, 2.05) is 0 Å². The zero-order valence-electron chi connectivity index (χ0n) is 34.9. The number of hydrogen-bond donors (Lipinski definition) is 0. The van der Waals surface area contributed by atoms with Crippen molar-refractivity contribution in [1.82, 2.24) is 0 Å². The van der Waals surface area contributed by atoms with E-state index in [0.29, 0.717) is 0 Å². The van der Waals surface area contributed by atoms with Crippen molar-refractivity contribution in [3.63, 3.8) is 0 Å². The Labute approximate surface area is 370 Å². The lowest BCUT2D eigenvalue weighted by atomic mass is 9.82. The Morgan fingerprint density at radius 1 is 0.172 bits per heavy atom. The van der Waals surface area contributed by atoms with Crippen molar-refractivity contribution >= 4 is 86.2 Å². The molecular formula is C64H38. The van der Waals surface area contributed by atoms with E-state index in [2.05, 4.69) is 231 Å². The van der Waals surface area contributed by atoms with Crippen molar-refractivity contribution in [2.75, 3.05) is 0 Å². The van der Waals surface area contributed by atoms with Crippen LogP contribution in [0.3, 0.4) is 0 Å². The molecule has 0 unspecified atom stereocenters. The van der Waals surface area contributed by atoms with Crippen LogP contribution in [0.5, 0.6) is 0 Å². The number of benzene rings is 12. The van der Waals surface area contributed by atoms with Gasteiger partial charge in [-0.2, -0.15) is 0 Å². The van der Waals surface area contributed by atoms with Gasteiger partial charge in [-0.05, 0) is 148 Å². The second-order valence-electron chi connectivity index (χ2n) is 17.4. The molecule has 0 radical (unpaired) electrons. The average molecular weight is 807 g/mol. The average Bonchev–Trinajstić information content (AvgIpc) is 3.88. The number of rotatable bonds is 5. The summed E-state index contributed by atoms with van der Waals surface area (Å²) in [4.78, 5) is 0. The lowest BCUT2D eigenvalue weighted by molar-refractivity contribution is 1.61. The molecule has 0 atom stereocenters. The molecule has 0 aliphatic rings. The van der Waals surface area contributed by atoms with Gasteiger partial charge in [-0.15, -0.1) is 0 Å². The first-order valence-corrected chi connectivity index (χ1v) is 22.4. The van der Waals surface area contributed by atoms with Gasteiger partial charge in [0.2, 0.25) is 0 Å². The molecule has 0 nitrogen and oxygen atoms in total. The largest absolute Gasteiger partial charge is 0.0622 e. The van der Waals surface area contributed by atoms with Crippen LogP contribution < -0.4 is 0 Å². The third-order valence-electron chi connectivity index (χ3n) is 14.1. The first-order valence-electron chi connectivity index (χ1n) is 22.4. The van der Waals surface area contributed by atoms with E-state index in [1.54, 1.807) is 0 Å². The monoisotopic (exact) mass is 806 g/mol. The molecule has 14 aromatic rings. The molecule has 0 aliphatic heterocycles. The third kappa shape index (κ3) is 4.88. The Kier molecular flexibility index (Phi) is 7.49. The number of hydrogen-bond acceptors (Lipinski definition) is 0. The van der Waals surface area contributed by atoms with Gasteiger partial charge in [0.05, 0.1) is 0 Å². The standard InChI is InChI=1S/C64H38/c1-4-18-39(19-5-1)43-25-12-15-29-48(43)61-56-38-55-47-28-14-13-27-46(47)49-30-16-32-52(60(49)55)62(56)57(42-23-8-3-9-24-42)63-53-33-17-31-50-51(36-37-54(59(50)53)64(61)63)58-44-26-11-10-22-41(44)34-35-45(58)40-20-6-2-7-21-40/h1-38H. The normalized spacial score (nSPS) is 12.1. The van der Waals surface area contributed by atoms with Crippen LogP contribution in [-0.4, -0.2) is 0 Å². The van der Waals surface area contributed by atoms with Gasteiger partial charge in [0.1, 0.15) is 0 Å². The Morgan fingerprint density at radius 2 is 0.656 bits per heavy atom.